The summed E-state index contributed by atoms with van der Waals surface area (Å²) in [7, 11) is 0. The topological polar surface area (TPSA) is 25.2 Å². The Morgan fingerprint density at radius 2 is 2.41 bits per heavy atom. The van der Waals surface area contributed by atoms with Gasteiger partial charge in [-0.3, -0.25) is 0 Å². The first kappa shape index (κ1) is 11.1. The van der Waals surface area contributed by atoms with Crippen molar-refractivity contribution in [3.8, 4) is 0 Å². The largest absolute Gasteiger partial charge is 0.468 e. The van der Waals surface area contributed by atoms with E-state index >= 15 is 0 Å². The Labute approximate surface area is 106 Å². The zero-order chi connectivity index (χ0) is 11.7. The number of nitrogens with one attached hydrogen (secondary N) is 1. The van der Waals surface area contributed by atoms with E-state index in [2.05, 4.69) is 23.7 Å². The molecule has 3 rings (SSSR count). The molecule has 0 aliphatic heterocycles. The lowest BCUT2D eigenvalue weighted by Gasteiger charge is -2.26. The Kier molecular flexibility index (Phi) is 3.04. The average molecular weight is 247 g/mol. The van der Waals surface area contributed by atoms with Gasteiger partial charge in [0.05, 0.1) is 12.3 Å². The molecule has 1 unspecified atom stereocenters. The van der Waals surface area contributed by atoms with Gasteiger partial charge in [0.15, 0.2) is 0 Å². The van der Waals surface area contributed by atoms with E-state index in [4.69, 9.17) is 4.42 Å². The smallest absolute Gasteiger partial charge is 0.120 e. The molecule has 0 saturated carbocycles. The van der Waals surface area contributed by atoms with Crippen LogP contribution in [0.4, 0.5) is 0 Å². The predicted octanol–water partition coefficient (Wildman–Crippen LogP) is 4.07. The molecule has 1 aliphatic rings. The lowest BCUT2D eigenvalue weighted by molar-refractivity contribution is 0.369. The van der Waals surface area contributed by atoms with Crippen LogP contribution in [0.15, 0.2) is 34.3 Å². The number of fused-ring (bicyclic) bond motifs is 1. The maximum atomic E-state index is 5.45. The molecule has 2 nitrogen and oxygen atoms in total. The Hall–Kier alpha value is -1.06. The Morgan fingerprint density at radius 1 is 1.47 bits per heavy atom. The molecule has 90 valence electrons. The minimum absolute atomic E-state index is 0.279. The SMILES string of the molecule is C[C@H](NC1CCCc2sccc21)c1ccco1. The van der Waals surface area contributed by atoms with Crippen LogP contribution in [0.5, 0.6) is 0 Å². The molecule has 2 atom stereocenters. The summed E-state index contributed by atoms with van der Waals surface area (Å²) in [5.74, 6) is 1.02. The van der Waals surface area contributed by atoms with Crippen molar-refractivity contribution in [1.29, 1.82) is 0 Å². The maximum Gasteiger partial charge on any atom is 0.120 e. The van der Waals surface area contributed by atoms with Crippen LogP contribution in [0.2, 0.25) is 0 Å². The molecule has 0 radical (unpaired) electrons. The van der Waals surface area contributed by atoms with Crippen molar-refractivity contribution in [3.05, 3.63) is 46.0 Å². The molecule has 3 heteroatoms. The number of hydrogen-bond acceptors (Lipinski definition) is 3. The minimum Gasteiger partial charge on any atom is -0.468 e. The van der Waals surface area contributed by atoms with Crippen LogP contribution in [0.1, 0.15) is 48.0 Å². The lowest BCUT2D eigenvalue weighted by Crippen LogP contribution is -2.26. The van der Waals surface area contributed by atoms with Crippen molar-refractivity contribution in [3.63, 3.8) is 0 Å². The molecule has 0 bridgehead atoms. The van der Waals surface area contributed by atoms with E-state index in [-0.39, 0.29) is 6.04 Å². The third-order valence-corrected chi connectivity index (χ3v) is 4.47. The van der Waals surface area contributed by atoms with Crippen LogP contribution in [0.25, 0.3) is 0 Å². The first-order valence-corrected chi connectivity index (χ1v) is 7.08. The third-order valence-electron chi connectivity index (χ3n) is 3.47. The summed E-state index contributed by atoms with van der Waals surface area (Å²) < 4.78 is 5.45. The second-order valence-electron chi connectivity index (χ2n) is 4.65. The highest BCUT2D eigenvalue weighted by Gasteiger charge is 2.23. The van der Waals surface area contributed by atoms with E-state index in [1.807, 2.05) is 23.5 Å². The molecule has 0 saturated heterocycles. The zero-order valence-corrected chi connectivity index (χ0v) is 10.8. The van der Waals surface area contributed by atoms with Gasteiger partial charge >= 0.3 is 0 Å². The number of rotatable bonds is 3. The van der Waals surface area contributed by atoms with Gasteiger partial charge in [-0.25, -0.2) is 0 Å². The summed E-state index contributed by atoms with van der Waals surface area (Å²) in [6.45, 7) is 2.17. The highest BCUT2D eigenvalue weighted by molar-refractivity contribution is 7.10. The van der Waals surface area contributed by atoms with E-state index < -0.39 is 0 Å². The highest BCUT2D eigenvalue weighted by Crippen LogP contribution is 2.34. The fraction of sp³-hybridized carbons (Fsp3) is 0.429. The Bertz CT molecular complexity index is 474. The van der Waals surface area contributed by atoms with Gasteiger partial charge in [-0.05, 0) is 55.3 Å². The summed E-state index contributed by atoms with van der Waals surface area (Å²) in [6.07, 6.45) is 5.51. The number of aryl methyl sites for hydroxylation is 1. The van der Waals surface area contributed by atoms with E-state index in [1.165, 1.54) is 24.8 Å². The lowest BCUT2D eigenvalue weighted by atomic mass is 9.93. The molecule has 17 heavy (non-hydrogen) atoms. The van der Waals surface area contributed by atoms with Gasteiger partial charge in [-0.15, -0.1) is 11.3 Å². The van der Waals surface area contributed by atoms with Gasteiger partial charge in [-0.1, -0.05) is 0 Å². The average Bonchev–Trinajstić information content (AvgIpc) is 3.00. The normalized spacial score (nSPS) is 21.1. The first-order valence-electron chi connectivity index (χ1n) is 6.20. The minimum atomic E-state index is 0.279. The van der Waals surface area contributed by atoms with Gasteiger partial charge in [-0.2, -0.15) is 0 Å². The van der Waals surface area contributed by atoms with Crippen molar-refractivity contribution in [2.45, 2.75) is 38.3 Å². The second kappa shape index (κ2) is 4.67. The molecule has 0 aromatic carbocycles. The molecular weight excluding hydrogens is 230 g/mol. The quantitative estimate of drug-likeness (QED) is 0.884. The molecule has 0 fully saturated rings. The molecule has 2 aromatic rings. The van der Waals surface area contributed by atoms with E-state index in [0.717, 1.165) is 5.76 Å². The second-order valence-corrected chi connectivity index (χ2v) is 5.65. The van der Waals surface area contributed by atoms with Crippen LogP contribution in [0, 0.1) is 0 Å². The van der Waals surface area contributed by atoms with Crippen molar-refractivity contribution in [2.24, 2.45) is 0 Å². The van der Waals surface area contributed by atoms with E-state index in [9.17, 15) is 0 Å². The molecule has 2 aromatic heterocycles. The molecule has 2 heterocycles. The number of thiophene rings is 1. The summed E-state index contributed by atoms with van der Waals surface area (Å²) in [5, 5.41) is 5.89. The molecule has 1 aliphatic carbocycles. The van der Waals surface area contributed by atoms with Gasteiger partial charge < -0.3 is 9.73 Å². The van der Waals surface area contributed by atoms with Gasteiger partial charge in [0.1, 0.15) is 5.76 Å². The summed E-state index contributed by atoms with van der Waals surface area (Å²) in [5.41, 5.74) is 1.50. The summed E-state index contributed by atoms with van der Waals surface area (Å²) in [4.78, 5) is 1.56. The van der Waals surface area contributed by atoms with E-state index in [1.54, 1.807) is 11.1 Å². The standard InChI is InChI=1S/C14H17NOS/c1-10(13-5-3-8-16-13)15-12-4-2-6-14-11(12)7-9-17-14/h3,5,7-10,12,15H,2,4,6H2,1H3/t10-,12?/m0/s1. The summed E-state index contributed by atoms with van der Waals surface area (Å²) in [6, 6.07) is 7.02. The molecular formula is C14H17NOS. The van der Waals surface area contributed by atoms with E-state index in [0.29, 0.717) is 6.04 Å². The summed E-state index contributed by atoms with van der Waals surface area (Å²) >= 11 is 1.89. The molecule has 0 spiro atoms. The fourth-order valence-electron chi connectivity index (χ4n) is 2.58. The predicted molar refractivity (Wildman–Crippen MR) is 70.3 cm³/mol. The maximum absolute atomic E-state index is 5.45. The van der Waals surface area contributed by atoms with Crippen LogP contribution in [0.3, 0.4) is 0 Å². The monoisotopic (exact) mass is 247 g/mol. The fourth-order valence-corrected chi connectivity index (χ4v) is 3.57. The van der Waals surface area contributed by atoms with Gasteiger partial charge in [0.25, 0.3) is 0 Å². The van der Waals surface area contributed by atoms with Crippen LogP contribution in [-0.4, -0.2) is 0 Å². The molecule has 0 amide bonds. The van der Waals surface area contributed by atoms with Gasteiger partial charge in [0, 0.05) is 10.9 Å². The Morgan fingerprint density at radius 3 is 3.24 bits per heavy atom. The van der Waals surface area contributed by atoms with Gasteiger partial charge in [0.2, 0.25) is 0 Å². The van der Waals surface area contributed by atoms with Crippen molar-refractivity contribution < 1.29 is 4.42 Å². The number of hydrogen-bond donors (Lipinski definition) is 1. The molecule has 1 N–H and O–H groups in total. The van der Waals surface area contributed by atoms with Crippen molar-refractivity contribution in [2.75, 3.05) is 0 Å². The van der Waals surface area contributed by atoms with Crippen LogP contribution in [-0.2, 0) is 6.42 Å². The van der Waals surface area contributed by atoms with Crippen molar-refractivity contribution in [1.82, 2.24) is 5.32 Å². The highest BCUT2D eigenvalue weighted by atomic mass is 32.1. The van der Waals surface area contributed by atoms with Crippen LogP contribution >= 0.6 is 11.3 Å². The van der Waals surface area contributed by atoms with Crippen molar-refractivity contribution >= 4 is 11.3 Å². The Balaban J connectivity index is 1.75. The zero-order valence-electron chi connectivity index (χ0n) is 9.98. The van der Waals surface area contributed by atoms with Crippen LogP contribution < -0.4 is 5.32 Å². The first-order chi connectivity index (χ1) is 8.34. The number of furan rings is 1. The third kappa shape index (κ3) is 2.17.